The number of anilines is 3. The Balaban J connectivity index is 1.74. The highest BCUT2D eigenvalue weighted by atomic mass is 16.2. The first-order valence-corrected chi connectivity index (χ1v) is 8.90. The third-order valence-electron chi connectivity index (χ3n) is 4.13. The Kier molecular flexibility index (Phi) is 5.49. The standard InChI is InChI=1S/C18H22N6O3/c1-3-4-5-15-21-18-22-16(26)10-14(24(18)23-15)17(27)20-13-8-6-12(7-9-13)19-11(2)25/h6-9,14H,3-5,10H2,1-2H3,(H,19,25)(H,20,27)(H,21,22,23,26). The predicted octanol–water partition coefficient (Wildman–Crippen LogP) is 2.10. The molecule has 2 heterocycles. The van der Waals surface area contributed by atoms with Crippen molar-refractivity contribution >= 4 is 35.0 Å². The van der Waals surface area contributed by atoms with E-state index in [2.05, 4.69) is 33.0 Å². The zero-order valence-electron chi connectivity index (χ0n) is 15.3. The van der Waals surface area contributed by atoms with E-state index in [-0.39, 0.29) is 24.1 Å². The summed E-state index contributed by atoms with van der Waals surface area (Å²) in [7, 11) is 0. The molecule has 0 saturated carbocycles. The van der Waals surface area contributed by atoms with Gasteiger partial charge >= 0.3 is 0 Å². The lowest BCUT2D eigenvalue weighted by Gasteiger charge is -2.22. The van der Waals surface area contributed by atoms with Gasteiger partial charge in [0.05, 0.1) is 6.42 Å². The second-order valence-electron chi connectivity index (χ2n) is 6.42. The van der Waals surface area contributed by atoms with E-state index >= 15 is 0 Å². The number of amides is 3. The van der Waals surface area contributed by atoms with E-state index in [0.29, 0.717) is 29.6 Å². The van der Waals surface area contributed by atoms with Gasteiger partial charge in [-0.2, -0.15) is 10.1 Å². The summed E-state index contributed by atoms with van der Waals surface area (Å²) in [6.07, 6.45) is 2.65. The van der Waals surface area contributed by atoms with Crippen molar-refractivity contribution in [1.82, 2.24) is 14.8 Å². The number of nitrogens with one attached hydrogen (secondary N) is 3. The number of aromatic nitrogens is 3. The van der Waals surface area contributed by atoms with Crippen LogP contribution >= 0.6 is 0 Å². The lowest BCUT2D eigenvalue weighted by atomic mass is 10.1. The molecule has 27 heavy (non-hydrogen) atoms. The molecule has 1 unspecified atom stereocenters. The zero-order valence-corrected chi connectivity index (χ0v) is 15.3. The van der Waals surface area contributed by atoms with Crippen molar-refractivity contribution in [2.45, 2.75) is 45.6 Å². The molecule has 142 valence electrons. The van der Waals surface area contributed by atoms with E-state index in [1.165, 1.54) is 11.6 Å². The summed E-state index contributed by atoms with van der Waals surface area (Å²) in [5, 5.41) is 12.5. The Hall–Kier alpha value is -3.23. The van der Waals surface area contributed by atoms with Crippen LogP contribution in [0.1, 0.15) is 45.0 Å². The molecule has 3 rings (SSSR count). The number of nitrogens with zero attached hydrogens (tertiary/aromatic N) is 3. The Bertz CT molecular complexity index is 858. The van der Waals surface area contributed by atoms with Gasteiger partial charge in [0.15, 0.2) is 5.82 Å². The maximum atomic E-state index is 12.7. The predicted molar refractivity (Wildman–Crippen MR) is 100 cm³/mol. The largest absolute Gasteiger partial charge is 0.326 e. The number of carbonyl (C=O) groups excluding carboxylic acids is 3. The molecule has 0 saturated heterocycles. The number of benzene rings is 1. The molecule has 3 N–H and O–H groups in total. The maximum absolute atomic E-state index is 12.7. The van der Waals surface area contributed by atoms with Gasteiger partial charge in [-0.05, 0) is 30.7 Å². The maximum Gasteiger partial charge on any atom is 0.249 e. The van der Waals surface area contributed by atoms with Crippen LogP contribution < -0.4 is 16.0 Å². The van der Waals surface area contributed by atoms with Gasteiger partial charge in [0.2, 0.25) is 23.7 Å². The Labute approximate surface area is 156 Å². The number of rotatable bonds is 6. The van der Waals surface area contributed by atoms with Gasteiger partial charge in [-0.3, -0.25) is 19.7 Å². The van der Waals surface area contributed by atoms with Crippen LogP contribution in [0.4, 0.5) is 17.3 Å². The van der Waals surface area contributed by atoms with Crippen molar-refractivity contribution in [3.05, 3.63) is 30.1 Å². The summed E-state index contributed by atoms with van der Waals surface area (Å²) in [5.74, 6) is 0.144. The van der Waals surface area contributed by atoms with E-state index in [1.807, 2.05) is 0 Å². The van der Waals surface area contributed by atoms with Gasteiger partial charge in [0.25, 0.3) is 0 Å². The fraction of sp³-hybridized carbons (Fsp3) is 0.389. The third kappa shape index (κ3) is 4.49. The molecule has 0 fully saturated rings. The highest BCUT2D eigenvalue weighted by molar-refractivity contribution is 6.00. The molecule has 3 amide bonds. The lowest BCUT2D eigenvalue weighted by molar-refractivity contribution is -0.125. The smallest absolute Gasteiger partial charge is 0.249 e. The van der Waals surface area contributed by atoms with E-state index < -0.39 is 6.04 Å². The van der Waals surface area contributed by atoms with E-state index in [4.69, 9.17) is 0 Å². The molecule has 0 bridgehead atoms. The summed E-state index contributed by atoms with van der Waals surface area (Å²) >= 11 is 0. The second-order valence-corrected chi connectivity index (χ2v) is 6.42. The van der Waals surface area contributed by atoms with Crippen LogP contribution in [0.3, 0.4) is 0 Å². The summed E-state index contributed by atoms with van der Waals surface area (Å²) in [6, 6.07) is 5.98. The third-order valence-corrected chi connectivity index (χ3v) is 4.13. The average Bonchev–Trinajstić information content (AvgIpc) is 3.03. The number of aryl methyl sites for hydroxylation is 1. The van der Waals surface area contributed by atoms with Gasteiger partial charge in [-0.25, -0.2) is 4.68 Å². The van der Waals surface area contributed by atoms with Crippen LogP contribution in [0.2, 0.25) is 0 Å². The van der Waals surface area contributed by atoms with Crippen molar-refractivity contribution < 1.29 is 14.4 Å². The van der Waals surface area contributed by atoms with Crippen molar-refractivity contribution in [3.8, 4) is 0 Å². The minimum Gasteiger partial charge on any atom is -0.326 e. The average molecular weight is 370 g/mol. The van der Waals surface area contributed by atoms with Gasteiger partial charge < -0.3 is 10.6 Å². The Morgan fingerprint density at radius 2 is 1.89 bits per heavy atom. The number of hydrogen-bond donors (Lipinski definition) is 3. The summed E-state index contributed by atoms with van der Waals surface area (Å²) in [4.78, 5) is 40.0. The minimum absolute atomic E-state index is 0.000608. The molecule has 1 aliphatic heterocycles. The Morgan fingerprint density at radius 1 is 1.22 bits per heavy atom. The molecule has 0 radical (unpaired) electrons. The molecular weight excluding hydrogens is 348 g/mol. The monoisotopic (exact) mass is 370 g/mol. The van der Waals surface area contributed by atoms with Crippen molar-refractivity contribution in [3.63, 3.8) is 0 Å². The van der Waals surface area contributed by atoms with Crippen molar-refractivity contribution in [1.29, 1.82) is 0 Å². The Morgan fingerprint density at radius 3 is 2.52 bits per heavy atom. The molecule has 9 nitrogen and oxygen atoms in total. The topological polar surface area (TPSA) is 118 Å². The van der Waals surface area contributed by atoms with Crippen LogP contribution in [-0.2, 0) is 20.8 Å². The molecule has 1 aromatic carbocycles. The molecule has 9 heteroatoms. The minimum atomic E-state index is -0.758. The van der Waals surface area contributed by atoms with Gasteiger partial charge in [-0.1, -0.05) is 13.3 Å². The summed E-state index contributed by atoms with van der Waals surface area (Å²) in [6.45, 7) is 3.50. The highest BCUT2D eigenvalue weighted by Crippen LogP contribution is 2.25. The zero-order chi connectivity index (χ0) is 19.4. The molecular formula is C18H22N6O3. The second kappa shape index (κ2) is 7.98. The first kappa shape index (κ1) is 18.6. The molecule has 1 atom stereocenters. The molecule has 1 aliphatic rings. The van der Waals surface area contributed by atoms with E-state index in [1.54, 1.807) is 24.3 Å². The van der Waals surface area contributed by atoms with Crippen molar-refractivity contribution in [2.75, 3.05) is 16.0 Å². The van der Waals surface area contributed by atoms with Crippen LogP contribution in [0.15, 0.2) is 24.3 Å². The van der Waals surface area contributed by atoms with Crippen LogP contribution in [0.25, 0.3) is 0 Å². The van der Waals surface area contributed by atoms with E-state index in [0.717, 1.165) is 12.8 Å². The number of unbranched alkanes of at least 4 members (excludes halogenated alkanes) is 1. The van der Waals surface area contributed by atoms with E-state index in [9.17, 15) is 14.4 Å². The van der Waals surface area contributed by atoms with Crippen LogP contribution in [0.5, 0.6) is 0 Å². The fourth-order valence-corrected chi connectivity index (χ4v) is 2.82. The number of hydrogen-bond acceptors (Lipinski definition) is 5. The molecule has 0 spiro atoms. The summed E-state index contributed by atoms with van der Waals surface area (Å²) < 4.78 is 1.48. The summed E-state index contributed by atoms with van der Waals surface area (Å²) in [5.41, 5.74) is 1.20. The first-order valence-electron chi connectivity index (χ1n) is 8.90. The fourth-order valence-electron chi connectivity index (χ4n) is 2.82. The lowest BCUT2D eigenvalue weighted by Crippen LogP contribution is -2.36. The van der Waals surface area contributed by atoms with Crippen LogP contribution in [0, 0.1) is 0 Å². The van der Waals surface area contributed by atoms with Crippen LogP contribution in [-0.4, -0.2) is 32.5 Å². The number of carbonyl (C=O) groups is 3. The van der Waals surface area contributed by atoms with Gasteiger partial charge in [0, 0.05) is 24.7 Å². The van der Waals surface area contributed by atoms with Gasteiger partial charge in [0.1, 0.15) is 6.04 Å². The SMILES string of the molecule is CCCCc1nc2n(n1)C(C(=O)Nc1ccc(NC(C)=O)cc1)CC(=O)N2. The van der Waals surface area contributed by atoms with Gasteiger partial charge in [-0.15, -0.1) is 0 Å². The first-order chi connectivity index (χ1) is 13.0. The van der Waals surface area contributed by atoms with Crippen molar-refractivity contribution in [2.24, 2.45) is 0 Å². The molecule has 0 aliphatic carbocycles. The quantitative estimate of drug-likeness (QED) is 0.720. The molecule has 1 aromatic heterocycles. The molecule has 2 aromatic rings. The normalized spacial score (nSPS) is 15.6. The number of fused-ring (bicyclic) bond motifs is 1. The highest BCUT2D eigenvalue weighted by Gasteiger charge is 2.33.